The number of amidine groups is 1. The monoisotopic (exact) mass is 381 g/mol. The molecule has 3 aliphatic heterocycles. The number of benzene rings is 1. The molecule has 2 unspecified atom stereocenters. The highest BCUT2D eigenvalue weighted by Crippen LogP contribution is 2.39. The van der Waals surface area contributed by atoms with E-state index in [1.165, 1.54) is 0 Å². The molecule has 9 heteroatoms. The fourth-order valence-electron chi connectivity index (χ4n) is 4.22. The van der Waals surface area contributed by atoms with Crippen molar-refractivity contribution in [1.29, 1.82) is 0 Å². The molecule has 1 aromatic rings. The van der Waals surface area contributed by atoms with Crippen molar-refractivity contribution >= 4 is 25.9 Å². The van der Waals surface area contributed by atoms with Gasteiger partial charge in [0.2, 0.25) is 10.0 Å². The van der Waals surface area contributed by atoms with Gasteiger partial charge in [0, 0.05) is 31.7 Å². The maximum absolute atomic E-state index is 12.4. The predicted molar refractivity (Wildman–Crippen MR) is 92.2 cm³/mol. The van der Waals surface area contributed by atoms with Gasteiger partial charge < -0.3 is 4.90 Å². The zero-order valence-corrected chi connectivity index (χ0v) is 15.2. The van der Waals surface area contributed by atoms with Gasteiger partial charge in [0.15, 0.2) is 5.84 Å². The lowest BCUT2D eigenvalue weighted by Crippen LogP contribution is -2.37. The van der Waals surface area contributed by atoms with Crippen LogP contribution in [0.2, 0.25) is 0 Å². The van der Waals surface area contributed by atoms with Crippen LogP contribution in [0.3, 0.4) is 0 Å². The van der Waals surface area contributed by atoms with Crippen LogP contribution >= 0.6 is 0 Å². The Hall–Kier alpha value is -1.45. The van der Waals surface area contributed by atoms with Crippen molar-refractivity contribution in [3.63, 3.8) is 0 Å². The summed E-state index contributed by atoms with van der Waals surface area (Å²) >= 11 is 0. The maximum atomic E-state index is 12.4. The van der Waals surface area contributed by atoms with Crippen molar-refractivity contribution in [2.75, 3.05) is 26.2 Å². The van der Waals surface area contributed by atoms with Gasteiger partial charge in [-0.2, -0.15) is 8.42 Å². The quantitative estimate of drug-likeness (QED) is 0.744. The van der Waals surface area contributed by atoms with Gasteiger partial charge in [-0.3, -0.25) is 0 Å². The second kappa shape index (κ2) is 5.05. The molecule has 25 heavy (non-hydrogen) atoms. The molecule has 134 valence electrons. The molecule has 0 amide bonds. The lowest BCUT2D eigenvalue weighted by atomic mass is 10.0. The van der Waals surface area contributed by atoms with E-state index in [0.29, 0.717) is 37.6 Å². The molecule has 0 spiro atoms. The van der Waals surface area contributed by atoms with Crippen molar-refractivity contribution in [3.8, 4) is 0 Å². The predicted octanol–water partition coefficient (Wildman–Crippen LogP) is 0.491. The summed E-state index contributed by atoms with van der Waals surface area (Å²) in [5, 5.41) is -0.168. The normalized spacial score (nSPS) is 31.0. The first kappa shape index (κ1) is 15.8. The Bertz CT molecular complexity index is 968. The smallest absolute Gasteiger partial charge is 0.285 e. The van der Waals surface area contributed by atoms with Crippen LogP contribution in [0.5, 0.6) is 0 Å². The zero-order chi connectivity index (χ0) is 17.4. The maximum Gasteiger partial charge on any atom is 0.285 e. The molecule has 0 N–H and O–H groups in total. The average Bonchev–Trinajstić information content (AvgIpc) is 3.16. The summed E-state index contributed by atoms with van der Waals surface area (Å²) in [7, 11) is -6.74. The van der Waals surface area contributed by atoms with Crippen LogP contribution in [0.25, 0.3) is 0 Å². The van der Waals surface area contributed by atoms with Crippen molar-refractivity contribution in [2.24, 2.45) is 16.2 Å². The third kappa shape index (κ3) is 2.36. The molecular weight excluding hydrogens is 362 g/mol. The number of hydrogen-bond acceptors (Lipinski definition) is 5. The fraction of sp³-hybridized carbons (Fsp3) is 0.562. The molecule has 2 saturated heterocycles. The topological polar surface area (TPSA) is 87.1 Å². The number of sulfonamides is 2. The molecule has 1 saturated carbocycles. The molecule has 2 atom stereocenters. The summed E-state index contributed by atoms with van der Waals surface area (Å²) in [5.74, 6) is 1.000. The van der Waals surface area contributed by atoms with Crippen molar-refractivity contribution in [1.82, 2.24) is 9.21 Å². The molecule has 0 bridgehead atoms. The van der Waals surface area contributed by atoms with E-state index in [0.717, 1.165) is 12.8 Å². The van der Waals surface area contributed by atoms with Crippen LogP contribution in [0.1, 0.15) is 18.4 Å². The highest BCUT2D eigenvalue weighted by molar-refractivity contribution is 7.90. The van der Waals surface area contributed by atoms with E-state index in [9.17, 15) is 16.8 Å². The SMILES string of the molecule is O=S1(=O)N=C(N2CC3CN(S(=O)(=O)C4CC4)CC3C2)c2ccccc21. The van der Waals surface area contributed by atoms with Gasteiger partial charge in [-0.25, -0.2) is 12.7 Å². The lowest BCUT2D eigenvalue weighted by Gasteiger charge is -2.22. The minimum Gasteiger partial charge on any atom is -0.355 e. The van der Waals surface area contributed by atoms with E-state index in [-0.39, 0.29) is 22.0 Å². The first-order valence-corrected chi connectivity index (χ1v) is 11.5. The van der Waals surface area contributed by atoms with Crippen LogP contribution in [0, 0.1) is 11.8 Å². The number of hydrogen-bond donors (Lipinski definition) is 0. The van der Waals surface area contributed by atoms with Gasteiger partial charge in [-0.15, -0.1) is 4.40 Å². The van der Waals surface area contributed by atoms with Gasteiger partial charge in [0.05, 0.1) is 5.25 Å². The summed E-state index contributed by atoms with van der Waals surface area (Å²) in [6, 6.07) is 6.89. The minimum absolute atomic E-state index is 0.168. The standard InChI is InChI=1S/C16H19N3O4S2/c20-24(21)15-4-2-1-3-14(15)16(17-24)18-7-11-9-19(10-12(11)8-18)25(22,23)13-5-6-13/h1-4,11-13H,5-10H2. The van der Waals surface area contributed by atoms with E-state index in [2.05, 4.69) is 4.40 Å². The van der Waals surface area contributed by atoms with Crippen LogP contribution in [0.4, 0.5) is 0 Å². The zero-order valence-electron chi connectivity index (χ0n) is 13.6. The number of nitrogens with zero attached hydrogens (tertiary/aromatic N) is 3. The first-order chi connectivity index (χ1) is 11.9. The summed E-state index contributed by atoms with van der Waals surface area (Å²) in [5.41, 5.74) is 0.657. The molecule has 0 radical (unpaired) electrons. The van der Waals surface area contributed by atoms with E-state index < -0.39 is 20.0 Å². The van der Waals surface area contributed by atoms with Gasteiger partial charge >= 0.3 is 0 Å². The van der Waals surface area contributed by atoms with E-state index in [1.54, 1.807) is 22.5 Å². The van der Waals surface area contributed by atoms with Gasteiger partial charge in [-0.1, -0.05) is 12.1 Å². The van der Waals surface area contributed by atoms with Crippen molar-refractivity contribution in [2.45, 2.75) is 23.0 Å². The van der Waals surface area contributed by atoms with Gasteiger partial charge in [0.1, 0.15) is 4.90 Å². The number of rotatable bonds is 2. The Balaban J connectivity index is 1.37. The second-order valence-electron chi connectivity index (χ2n) is 7.37. The Kier molecular flexibility index (Phi) is 3.19. The fourth-order valence-corrected chi connectivity index (χ4v) is 7.40. The molecule has 3 fully saturated rings. The summed E-state index contributed by atoms with van der Waals surface area (Å²) in [4.78, 5) is 2.28. The minimum atomic E-state index is -3.61. The number of fused-ring (bicyclic) bond motifs is 2. The van der Waals surface area contributed by atoms with E-state index in [1.807, 2.05) is 11.0 Å². The van der Waals surface area contributed by atoms with E-state index >= 15 is 0 Å². The van der Waals surface area contributed by atoms with Crippen LogP contribution in [-0.2, 0) is 20.0 Å². The van der Waals surface area contributed by atoms with Crippen molar-refractivity contribution in [3.05, 3.63) is 29.8 Å². The molecule has 1 aliphatic carbocycles. The Morgan fingerprint density at radius 2 is 1.64 bits per heavy atom. The highest BCUT2D eigenvalue weighted by Gasteiger charge is 2.49. The summed E-state index contributed by atoms with van der Waals surface area (Å²) in [6.45, 7) is 2.40. The molecule has 0 aromatic heterocycles. The van der Waals surface area contributed by atoms with Crippen LogP contribution < -0.4 is 0 Å². The number of likely N-dealkylation sites (tertiary alicyclic amines) is 1. The third-order valence-electron chi connectivity index (χ3n) is 5.67. The Morgan fingerprint density at radius 1 is 1.00 bits per heavy atom. The molecule has 1 aromatic carbocycles. The summed E-state index contributed by atoms with van der Waals surface area (Å²) in [6.07, 6.45) is 1.57. The second-order valence-corrected chi connectivity index (χ2v) is 11.2. The van der Waals surface area contributed by atoms with Gasteiger partial charge in [0.25, 0.3) is 10.0 Å². The molecule has 5 rings (SSSR count). The Morgan fingerprint density at radius 3 is 2.28 bits per heavy atom. The molecule has 4 aliphatic rings. The average molecular weight is 381 g/mol. The first-order valence-electron chi connectivity index (χ1n) is 8.54. The summed E-state index contributed by atoms with van der Waals surface area (Å²) < 4.78 is 54.9. The molecule has 3 heterocycles. The van der Waals surface area contributed by atoms with E-state index in [4.69, 9.17) is 0 Å². The van der Waals surface area contributed by atoms with Crippen molar-refractivity contribution < 1.29 is 16.8 Å². The largest absolute Gasteiger partial charge is 0.355 e. The third-order valence-corrected chi connectivity index (χ3v) is 9.33. The molecule has 7 nitrogen and oxygen atoms in total. The van der Waals surface area contributed by atoms with Crippen LogP contribution in [-0.4, -0.2) is 63.3 Å². The highest BCUT2D eigenvalue weighted by atomic mass is 32.2. The van der Waals surface area contributed by atoms with Gasteiger partial charge in [-0.05, 0) is 36.8 Å². The Labute approximate surface area is 147 Å². The lowest BCUT2D eigenvalue weighted by molar-refractivity contribution is 0.400. The van der Waals surface area contributed by atoms with Crippen LogP contribution in [0.15, 0.2) is 33.6 Å². The molecular formula is C16H19N3O4S2.